The molecule has 0 aliphatic heterocycles. The van der Waals surface area contributed by atoms with Gasteiger partial charge in [-0.05, 0) is 27.2 Å². The molecule has 0 saturated carbocycles. The van der Waals surface area contributed by atoms with Crippen molar-refractivity contribution in [3.05, 3.63) is 35.1 Å². The average molecular weight is 249 g/mol. The molecule has 0 fully saturated rings. The molecular weight excluding hydrogens is 230 g/mol. The van der Waals surface area contributed by atoms with Gasteiger partial charge in [0, 0.05) is 23.7 Å². The van der Waals surface area contributed by atoms with Crippen LogP contribution >= 0.6 is 11.3 Å². The van der Waals surface area contributed by atoms with Crippen molar-refractivity contribution in [2.45, 2.75) is 39.8 Å². The third-order valence-corrected chi connectivity index (χ3v) is 3.91. The summed E-state index contributed by atoms with van der Waals surface area (Å²) in [4.78, 5) is 5.67. The maximum Gasteiger partial charge on any atom is 0.194 e. The van der Waals surface area contributed by atoms with E-state index in [2.05, 4.69) is 47.4 Å². The van der Waals surface area contributed by atoms with Gasteiger partial charge in [-0.2, -0.15) is 0 Å². The maximum absolute atomic E-state index is 4.58. The van der Waals surface area contributed by atoms with Crippen LogP contribution in [0.15, 0.2) is 18.0 Å². The van der Waals surface area contributed by atoms with Crippen LogP contribution in [0.1, 0.15) is 30.4 Å². The normalized spacial score (nSPS) is 13.1. The van der Waals surface area contributed by atoms with Crippen molar-refractivity contribution >= 4 is 16.3 Å². The fourth-order valence-electron chi connectivity index (χ4n) is 1.98. The van der Waals surface area contributed by atoms with Crippen molar-refractivity contribution in [1.29, 1.82) is 0 Å². The second-order valence-corrected chi connectivity index (χ2v) is 5.28. The van der Waals surface area contributed by atoms with Crippen molar-refractivity contribution in [2.75, 3.05) is 0 Å². The highest BCUT2D eigenvalue weighted by molar-refractivity contribution is 7.15. The predicted octanol–water partition coefficient (Wildman–Crippen LogP) is 3.07. The van der Waals surface area contributed by atoms with E-state index in [1.807, 2.05) is 6.08 Å². The lowest BCUT2D eigenvalue weighted by atomic mass is 10.2. The Morgan fingerprint density at radius 1 is 1.59 bits per heavy atom. The molecule has 4 heteroatoms. The van der Waals surface area contributed by atoms with Crippen LogP contribution in [-0.2, 0) is 6.54 Å². The molecule has 2 aromatic heterocycles. The molecule has 0 aliphatic carbocycles. The van der Waals surface area contributed by atoms with Crippen molar-refractivity contribution in [2.24, 2.45) is 0 Å². The van der Waals surface area contributed by atoms with E-state index in [9.17, 15) is 0 Å². The topological polar surface area (TPSA) is 29.3 Å². The smallest absolute Gasteiger partial charge is 0.194 e. The second-order valence-electron chi connectivity index (χ2n) is 4.45. The minimum atomic E-state index is 0.455. The van der Waals surface area contributed by atoms with E-state index in [0.29, 0.717) is 6.04 Å². The van der Waals surface area contributed by atoms with Crippen molar-refractivity contribution in [1.82, 2.24) is 14.7 Å². The van der Waals surface area contributed by atoms with Gasteiger partial charge in [0.05, 0.1) is 11.4 Å². The zero-order chi connectivity index (χ0) is 12.4. The summed E-state index contributed by atoms with van der Waals surface area (Å²) in [5, 5.41) is 5.66. The Bertz CT molecular complexity index is 524. The lowest BCUT2D eigenvalue weighted by molar-refractivity contribution is 0.544. The molecule has 17 heavy (non-hydrogen) atoms. The summed E-state index contributed by atoms with van der Waals surface area (Å²) in [5.74, 6) is 0. The van der Waals surface area contributed by atoms with Crippen LogP contribution in [0.2, 0.25) is 0 Å². The molecule has 0 saturated heterocycles. The first-order valence-electron chi connectivity index (χ1n) is 5.89. The summed E-state index contributed by atoms with van der Waals surface area (Å²) in [6.07, 6.45) is 2.94. The highest BCUT2D eigenvalue weighted by Crippen LogP contribution is 2.20. The van der Waals surface area contributed by atoms with Gasteiger partial charge in [0.1, 0.15) is 0 Å². The number of aryl methyl sites for hydroxylation is 2. The highest BCUT2D eigenvalue weighted by atomic mass is 32.1. The van der Waals surface area contributed by atoms with Crippen LogP contribution in [-0.4, -0.2) is 15.4 Å². The van der Waals surface area contributed by atoms with Crippen molar-refractivity contribution in [3.8, 4) is 0 Å². The lowest BCUT2D eigenvalue weighted by Gasteiger charge is -2.11. The first kappa shape index (κ1) is 12.3. The Morgan fingerprint density at radius 2 is 2.35 bits per heavy atom. The number of aromatic nitrogens is 2. The molecule has 0 aliphatic rings. The van der Waals surface area contributed by atoms with Gasteiger partial charge in [0.15, 0.2) is 4.96 Å². The van der Waals surface area contributed by atoms with Gasteiger partial charge in [0.25, 0.3) is 0 Å². The van der Waals surface area contributed by atoms with E-state index in [4.69, 9.17) is 0 Å². The van der Waals surface area contributed by atoms with Crippen molar-refractivity contribution < 1.29 is 0 Å². The van der Waals surface area contributed by atoms with Gasteiger partial charge < -0.3 is 5.32 Å². The van der Waals surface area contributed by atoms with Gasteiger partial charge in [-0.15, -0.1) is 17.9 Å². The number of thiazole rings is 1. The third kappa shape index (κ3) is 2.42. The summed E-state index contributed by atoms with van der Waals surface area (Å²) in [6, 6.07) is 0.455. The van der Waals surface area contributed by atoms with Crippen LogP contribution in [0.5, 0.6) is 0 Å². The molecule has 2 heterocycles. The third-order valence-electron chi connectivity index (χ3n) is 2.97. The van der Waals surface area contributed by atoms with E-state index in [0.717, 1.165) is 23.6 Å². The Labute approximate surface area is 106 Å². The quantitative estimate of drug-likeness (QED) is 0.825. The van der Waals surface area contributed by atoms with E-state index < -0.39 is 0 Å². The first-order chi connectivity index (χ1) is 8.13. The van der Waals surface area contributed by atoms with Crippen LogP contribution in [0.4, 0.5) is 0 Å². The Hall–Kier alpha value is -1.13. The molecule has 2 aromatic rings. The van der Waals surface area contributed by atoms with E-state index in [1.54, 1.807) is 11.3 Å². The summed E-state index contributed by atoms with van der Waals surface area (Å²) < 4.78 is 2.24. The van der Waals surface area contributed by atoms with E-state index in [-0.39, 0.29) is 0 Å². The molecule has 1 N–H and O–H groups in total. The number of hydrogen-bond acceptors (Lipinski definition) is 3. The number of hydrogen-bond donors (Lipinski definition) is 1. The summed E-state index contributed by atoms with van der Waals surface area (Å²) in [6.45, 7) is 11.0. The fraction of sp³-hybridized carbons (Fsp3) is 0.462. The number of rotatable bonds is 5. The molecule has 0 aromatic carbocycles. The van der Waals surface area contributed by atoms with Crippen LogP contribution in [0, 0.1) is 13.8 Å². The number of nitrogens with one attached hydrogen (secondary N) is 1. The zero-order valence-corrected chi connectivity index (χ0v) is 11.5. The Morgan fingerprint density at radius 3 is 3.06 bits per heavy atom. The second kappa shape index (κ2) is 5.02. The Kier molecular flexibility index (Phi) is 3.64. The molecular formula is C13H19N3S. The predicted molar refractivity (Wildman–Crippen MR) is 73.7 cm³/mol. The molecule has 2 rings (SSSR count). The number of nitrogens with zero attached hydrogens (tertiary/aromatic N) is 2. The van der Waals surface area contributed by atoms with Gasteiger partial charge in [0.2, 0.25) is 0 Å². The van der Waals surface area contributed by atoms with Gasteiger partial charge in [-0.3, -0.25) is 4.40 Å². The lowest BCUT2D eigenvalue weighted by Crippen LogP contribution is -2.25. The zero-order valence-electron chi connectivity index (χ0n) is 10.7. The SMILES string of the molecule is C=CCC(C)NCc1c(C)nc2scc(C)n12. The molecule has 1 atom stereocenters. The van der Waals surface area contributed by atoms with Crippen LogP contribution in [0.25, 0.3) is 4.96 Å². The molecule has 0 amide bonds. The number of imidazole rings is 1. The van der Waals surface area contributed by atoms with Gasteiger partial charge in [-0.1, -0.05) is 6.08 Å². The standard InChI is InChI=1S/C13H19N3S/c1-5-6-9(2)14-7-12-11(4)15-13-16(12)10(3)8-17-13/h5,8-9,14H,1,6-7H2,2-4H3. The average Bonchev–Trinajstić information content (AvgIpc) is 2.77. The molecule has 1 unspecified atom stereocenters. The fourth-order valence-corrected chi connectivity index (χ4v) is 2.91. The van der Waals surface area contributed by atoms with Crippen LogP contribution < -0.4 is 5.32 Å². The molecule has 0 spiro atoms. The summed E-state index contributed by atoms with van der Waals surface area (Å²) in [7, 11) is 0. The minimum Gasteiger partial charge on any atom is -0.308 e. The van der Waals surface area contributed by atoms with E-state index >= 15 is 0 Å². The molecule has 92 valence electrons. The van der Waals surface area contributed by atoms with Crippen LogP contribution in [0.3, 0.4) is 0 Å². The van der Waals surface area contributed by atoms with Crippen molar-refractivity contribution in [3.63, 3.8) is 0 Å². The largest absolute Gasteiger partial charge is 0.308 e. The molecule has 0 radical (unpaired) electrons. The minimum absolute atomic E-state index is 0.455. The number of fused-ring (bicyclic) bond motifs is 1. The summed E-state index contributed by atoms with van der Waals surface area (Å²) >= 11 is 1.70. The van der Waals surface area contributed by atoms with E-state index in [1.165, 1.54) is 11.4 Å². The maximum atomic E-state index is 4.58. The summed E-state index contributed by atoms with van der Waals surface area (Å²) in [5.41, 5.74) is 3.66. The molecule has 0 bridgehead atoms. The van der Waals surface area contributed by atoms with Gasteiger partial charge >= 0.3 is 0 Å². The highest BCUT2D eigenvalue weighted by Gasteiger charge is 2.12. The molecule has 3 nitrogen and oxygen atoms in total. The van der Waals surface area contributed by atoms with Gasteiger partial charge in [-0.25, -0.2) is 4.98 Å². The Balaban J connectivity index is 2.19. The monoisotopic (exact) mass is 249 g/mol. The first-order valence-corrected chi connectivity index (χ1v) is 6.77.